The fourth-order valence-electron chi connectivity index (χ4n) is 1.04. The Hall–Kier alpha value is -2.30. The number of aromatic carboxylic acids is 1. The van der Waals surface area contributed by atoms with Crippen LogP contribution in [-0.4, -0.2) is 29.3 Å². The van der Waals surface area contributed by atoms with E-state index in [0.29, 0.717) is 5.56 Å². The fraction of sp³-hybridized carbons (Fsp3) is 0.0909. The molecule has 84 valence electrons. The lowest BCUT2D eigenvalue weighted by Gasteiger charge is -2.00. The number of carboxylic acid groups (broad SMARTS) is 1. The lowest BCUT2D eigenvalue weighted by atomic mass is 10.1. The van der Waals surface area contributed by atoms with Crippen LogP contribution < -0.4 is 0 Å². The molecule has 0 radical (unpaired) electrons. The van der Waals surface area contributed by atoms with E-state index in [1.165, 1.54) is 25.3 Å². The first-order valence-electron chi connectivity index (χ1n) is 4.37. The Labute approximate surface area is 91.6 Å². The van der Waals surface area contributed by atoms with E-state index in [-0.39, 0.29) is 11.3 Å². The predicted molar refractivity (Wildman–Crippen MR) is 56.1 cm³/mol. The first-order chi connectivity index (χ1) is 7.54. The van der Waals surface area contributed by atoms with Gasteiger partial charge in [0.2, 0.25) is 0 Å². The molecule has 0 unspecified atom stereocenters. The van der Waals surface area contributed by atoms with Crippen LogP contribution in [0.15, 0.2) is 24.3 Å². The Bertz CT molecular complexity index is 448. The Morgan fingerprint density at radius 2 is 2.06 bits per heavy atom. The van der Waals surface area contributed by atoms with Gasteiger partial charge in [0, 0.05) is 11.6 Å². The summed E-state index contributed by atoms with van der Waals surface area (Å²) >= 11 is 0. The van der Waals surface area contributed by atoms with Crippen LogP contribution in [0.3, 0.4) is 0 Å². The number of hydrogen-bond acceptors (Lipinski definition) is 4. The van der Waals surface area contributed by atoms with Gasteiger partial charge in [0.1, 0.15) is 5.75 Å². The molecule has 0 saturated heterocycles. The summed E-state index contributed by atoms with van der Waals surface area (Å²) in [5.74, 6) is -1.89. The van der Waals surface area contributed by atoms with Gasteiger partial charge in [0.05, 0.1) is 12.7 Å². The third-order valence-electron chi connectivity index (χ3n) is 1.88. The summed E-state index contributed by atoms with van der Waals surface area (Å²) in [6, 6.07) is 3.84. The van der Waals surface area contributed by atoms with Crippen LogP contribution in [-0.2, 0) is 9.53 Å². The normalized spacial score (nSPS) is 10.3. The smallest absolute Gasteiger partial charge is 0.335 e. The zero-order valence-corrected chi connectivity index (χ0v) is 8.51. The van der Waals surface area contributed by atoms with E-state index >= 15 is 0 Å². The number of carboxylic acids is 1. The third-order valence-corrected chi connectivity index (χ3v) is 1.88. The summed E-state index contributed by atoms with van der Waals surface area (Å²) in [6.45, 7) is 0. The number of rotatable bonds is 3. The van der Waals surface area contributed by atoms with Gasteiger partial charge in [-0.1, -0.05) is 6.07 Å². The van der Waals surface area contributed by atoms with Crippen LogP contribution in [0, 0.1) is 0 Å². The molecule has 1 rings (SSSR count). The number of phenols is 1. The topological polar surface area (TPSA) is 83.8 Å². The van der Waals surface area contributed by atoms with Crippen molar-refractivity contribution in [2.45, 2.75) is 0 Å². The average Bonchev–Trinajstić information content (AvgIpc) is 2.26. The van der Waals surface area contributed by atoms with Crippen molar-refractivity contribution in [1.29, 1.82) is 0 Å². The summed E-state index contributed by atoms with van der Waals surface area (Å²) in [5.41, 5.74) is 0.322. The lowest BCUT2D eigenvalue weighted by Crippen LogP contribution is -1.96. The van der Waals surface area contributed by atoms with Crippen molar-refractivity contribution < 1.29 is 24.5 Å². The molecule has 16 heavy (non-hydrogen) atoms. The molecule has 0 atom stereocenters. The van der Waals surface area contributed by atoms with Gasteiger partial charge in [0.15, 0.2) is 0 Å². The van der Waals surface area contributed by atoms with Crippen molar-refractivity contribution >= 4 is 18.0 Å². The molecule has 1 aromatic rings. The first-order valence-corrected chi connectivity index (χ1v) is 4.37. The minimum atomic E-state index is -1.13. The van der Waals surface area contributed by atoms with Crippen LogP contribution in [0.5, 0.6) is 5.75 Å². The molecule has 0 saturated carbocycles. The molecule has 0 aliphatic heterocycles. The molecular weight excluding hydrogens is 212 g/mol. The number of phenolic OH excluding ortho intramolecular Hbond substituents is 1. The fourth-order valence-corrected chi connectivity index (χ4v) is 1.04. The molecule has 0 amide bonds. The minimum absolute atomic E-state index is 0.0206. The molecule has 0 heterocycles. The second-order valence-electron chi connectivity index (χ2n) is 2.94. The van der Waals surface area contributed by atoms with Gasteiger partial charge in [0.25, 0.3) is 0 Å². The van der Waals surface area contributed by atoms with Crippen LogP contribution in [0.25, 0.3) is 6.08 Å². The third kappa shape index (κ3) is 2.84. The highest BCUT2D eigenvalue weighted by molar-refractivity contribution is 5.90. The van der Waals surface area contributed by atoms with Gasteiger partial charge in [-0.05, 0) is 18.2 Å². The summed E-state index contributed by atoms with van der Waals surface area (Å²) < 4.78 is 4.37. The van der Waals surface area contributed by atoms with Crippen LogP contribution >= 0.6 is 0 Å². The van der Waals surface area contributed by atoms with Crippen LogP contribution in [0.2, 0.25) is 0 Å². The lowest BCUT2D eigenvalue weighted by molar-refractivity contribution is -0.134. The number of carbonyl (C=O) groups is 2. The van der Waals surface area contributed by atoms with E-state index < -0.39 is 11.9 Å². The van der Waals surface area contributed by atoms with Crippen LogP contribution in [0.1, 0.15) is 15.9 Å². The minimum Gasteiger partial charge on any atom is -0.507 e. The van der Waals surface area contributed by atoms with Crippen molar-refractivity contribution in [2.75, 3.05) is 7.11 Å². The number of aromatic hydroxyl groups is 1. The summed E-state index contributed by atoms with van der Waals surface area (Å²) in [6.07, 6.45) is 2.47. The Balaban J connectivity index is 2.95. The highest BCUT2D eigenvalue weighted by atomic mass is 16.5. The molecule has 5 heteroatoms. The maximum absolute atomic E-state index is 10.8. The van der Waals surface area contributed by atoms with E-state index in [0.717, 1.165) is 12.1 Å². The molecule has 1 aromatic carbocycles. The molecule has 5 nitrogen and oxygen atoms in total. The van der Waals surface area contributed by atoms with Crippen LogP contribution in [0.4, 0.5) is 0 Å². The average molecular weight is 222 g/mol. The SMILES string of the molecule is COC(=O)C=Cc1ccc(C(=O)O)cc1O. The number of esters is 1. The monoisotopic (exact) mass is 222 g/mol. The van der Waals surface area contributed by atoms with E-state index in [4.69, 9.17) is 5.11 Å². The standard InChI is InChI=1S/C11H10O5/c1-16-10(13)5-4-7-2-3-8(11(14)15)6-9(7)12/h2-6,12H,1H3,(H,14,15). The Kier molecular flexibility index (Phi) is 3.66. The molecule has 0 aliphatic carbocycles. The largest absolute Gasteiger partial charge is 0.507 e. The van der Waals surface area contributed by atoms with E-state index in [1.807, 2.05) is 0 Å². The number of ether oxygens (including phenoxy) is 1. The summed E-state index contributed by atoms with van der Waals surface area (Å²) in [5, 5.41) is 18.1. The first kappa shape index (κ1) is 11.8. The Morgan fingerprint density at radius 3 is 2.56 bits per heavy atom. The van der Waals surface area contributed by atoms with Gasteiger partial charge in [-0.2, -0.15) is 0 Å². The molecule has 0 aliphatic rings. The number of hydrogen-bond donors (Lipinski definition) is 2. The highest BCUT2D eigenvalue weighted by Crippen LogP contribution is 2.20. The molecule has 0 aromatic heterocycles. The van der Waals surface area contributed by atoms with Gasteiger partial charge >= 0.3 is 11.9 Å². The van der Waals surface area contributed by atoms with Crippen molar-refractivity contribution in [3.8, 4) is 5.75 Å². The second kappa shape index (κ2) is 4.97. The van der Waals surface area contributed by atoms with Crippen molar-refractivity contribution in [2.24, 2.45) is 0 Å². The molecule has 0 fully saturated rings. The number of benzene rings is 1. The molecule has 0 spiro atoms. The zero-order chi connectivity index (χ0) is 12.1. The van der Waals surface area contributed by atoms with Crippen molar-refractivity contribution in [3.63, 3.8) is 0 Å². The Morgan fingerprint density at radius 1 is 1.38 bits per heavy atom. The van der Waals surface area contributed by atoms with E-state index in [2.05, 4.69) is 4.74 Å². The number of carbonyl (C=O) groups excluding carboxylic acids is 1. The van der Waals surface area contributed by atoms with Gasteiger partial charge in [-0.25, -0.2) is 9.59 Å². The highest BCUT2D eigenvalue weighted by Gasteiger charge is 2.05. The maximum atomic E-state index is 10.8. The van der Waals surface area contributed by atoms with Crippen molar-refractivity contribution in [1.82, 2.24) is 0 Å². The summed E-state index contributed by atoms with van der Waals surface area (Å²) in [7, 11) is 1.24. The number of methoxy groups -OCH3 is 1. The zero-order valence-electron chi connectivity index (χ0n) is 8.51. The van der Waals surface area contributed by atoms with Gasteiger partial charge in [-0.15, -0.1) is 0 Å². The van der Waals surface area contributed by atoms with E-state index in [9.17, 15) is 14.7 Å². The van der Waals surface area contributed by atoms with Gasteiger partial charge < -0.3 is 14.9 Å². The quantitative estimate of drug-likeness (QED) is 0.594. The van der Waals surface area contributed by atoms with E-state index in [1.54, 1.807) is 0 Å². The molecule has 0 bridgehead atoms. The van der Waals surface area contributed by atoms with Crippen molar-refractivity contribution in [3.05, 3.63) is 35.4 Å². The molecular formula is C11H10O5. The predicted octanol–water partition coefficient (Wildman–Crippen LogP) is 1.28. The second-order valence-corrected chi connectivity index (χ2v) is 2.94. The molecule has 2 N–H and O–H groups in total. The maximum Gasteiger partial charge on any atom is 0.335 e. The van der Waals surface area contributed by atoms with Gasteiger partial charge in [-0.3, -0.25) is 0 Å². The summed E-state index contributed by atoms with van der Waals surface area (Å²) in [4.78, 5) is 21.4.